The summed E-state index contributed by atoms with van der Waals surface area (Å²) in [5.41, 5.74) is 2.15. The summed E-state index contributed by atoms with van der Waals surface area (Å²) in [6.07, 6.45) is 0. The van der Waals surface area contributed by atoms with Gasteiger partial charge in [-0.25, -0.2) is 4.39 Å². The molecule has 1 aliphatic heterocycles. The Morgan fingerprint density at radius 1 is 1.19 bits per heavy atom. The maximum atomic E-state index is 14.4. The number of hydrogen-bond donors (Lipinski definition) is 1. The molecule has 0 saturated carbocycles. The fourth-order valence-electron chi connectivity index (χ4n) is 2.94. The van der Waals surface area contributed by atoms with Crippen LogP contribution < -0.4 is 15.0 Å². The van der Waals surface area contributed by atoms with Crippen molar-refractivity contribution in [3.63, 3.8) is 0 Å². The molecule has 1 heterocycles. The van der Waals surface area contributed by atoms with Gasteiger partial charge in [-0.2, -0.15) is 0 Å². The molecule has 6 heteroatoms. The number of nitrogens with zero attached hydrogens (tertiary/aromatic N) is 1. The molecule has 2 aromatic carbocycles. The monoisotopic (exact) mass is 372 g/mol. The quantitative estimate of drug-likeness (QED) is 0.838. The third-order valence-electron chi connectivity index (χ3n) is 4.50. The number of morpholine rings is 1. The second-order valence-corrected chi connectivity index (χ2v) is 6.83. The van der Waals surface area contributed by atoms with E-state index in [1.807, 2.05) is 29.2 Å². The summed E-state index contributed by atoms with van der Waals surface area (Å²) >= 11 is 0. The molecule has 0 bridgehead atoms. The van der Waals surface area contributed by atoms with Crippen molar-refractivity contribution in [2.45, 2.75) is 19.8 Å². The summed E-state index contributed by atoms with van der Waals surface area (Å²) < 4.78 is 25.2. The lowest BCUT2D eigenvalue weighted by Crippen LogP contribution is -2.36. The Hall–Kier alpha value is -2.60. The predicted octanol–water partition coefficient (Wildman–Crippen LogP) is 3.80. The van der Waals surface area contributed by atoms with Crippen molar-refractivity contribution in [1.29, 1.82) is 0 Å². The molecule has 1 fully saturated rings. The Labute approximate surface area is 159 Å². The lowest BCUT2D eigenvalue weighted by Gasteiger charge is -2.29. The number of ether oxygens (including phenoxy) is 2. The van der Waals surface area contributed by atoms with Crippen LogP contribution >= 0.6 is 0 Å². The number of halogens is 1. The Kier molecular flexibility index (Phi) is 6.29. The van der Waals surface area contributed by atoms with Crippen molar-refractivity contribution < 1.29 is 18.7 Å². The van der Waals surface area contributed by atoms with Gasteiger partial charge in [-0.15, -0.1) is 0 Å². The minimum absolute atomic E-state index is 0.131. The van der Waals surface area contributed by atoms with Crippen LogP contribution in [-0.2, 0) is 9.53 Å². The molecule has 144 valence electrons. The highest BCUT2D eigenvalue weighted by molar-refractivity contribution is 5.92. The van der Waals surface area contributed by atoms with Crippen molar-refractivity contribution >= 4 is 17.3 Å². The first kappa shape index (κ1) is 19.2. The number of carbonyl (C=O) groups excluding carboxylic acids is 1. The number of hydrogen-bond acceptors (Lipinski definition) is 4. The van der Waals surface area contributed by atoms with Crippen LogP contribution in [0.2, 0.25) is 0 Å². The van der Waals surface area contributed by atoms with E-state index in [0.717, 1.165) is 0 Å². The van der Waals surface area contributed by atoms with Crippen molar-refractivity contribution in [2.75, 3.05) is 43.1 Å². The smallest absolute Gasteiger partial charge is 0.262 e. The van der Waals surface area contributed by atoms with Gasteiger partial charge in [-0.05, 0) is 41.8 Å². The highest BCUT2D eigenvalue weighted by Crippen LogP contribution is 2.24. The summed E-state index contributed by atoms with van der Waals surface area (Å²) in [4.78, 5) is 14.0. The SMILES string of the molecule is CC(C)c1ccc(OCC(=O)Nc2ccc(N3CCOCC3)c(F)c2)cc1. The fourth-order valence-corrected chi connectivity index (χ4v) is 2.94. The summed E-state index contributed by atoms with van der Waals surface area (Å²) in [5.74, 6) is 0.377. The normalized spacial score (nSPS) is 14.3. The molecule has 0 atom stereocenters. The number of amides is 1. The van der Waals surface area contributed by atoms with E-state index in [4.69, 9.17) is 9.47 Å². The number of benzene rings is 2. The van der Waals surface area contributed by atoms with Crippen molar-refractivity contribution in [3.05, 3.63) is 53.8 Å². The van der Waals surface area contributed by atoms with Gasteiger partial charge in [0.05, 0.1) is 18.9 Å². The van der Waals surface area contributed by atoms with Crippen LogP contribution in [0, 0.1) is 5.82 Å². The maximum absolute atomic E-state index is 14.4. The number of nitrogens with one attached hydrogen (secondary N) is 1. The topological polar surface area (TPSA) is 50.8 Å². The molecule has 27 heavy (non-hydrogen) atoms. The minimum Gasteiger partial charge on any atom is -0.484 e. The van der Waals surface area contributed by atoms with Crippen LogP contribution in [-0.4, -0.2) is 38.8 Å². The van der Waals surface area contributed by atoms with Gasteiger partial charge in [0.15, 0.2) is 6.61 Å². The molecule has 0 radical (unpaired) electrons. The van der Waals surface area contributed by atoms with E-state index in [1.54, 1.807) is 12.1 Å². The van der Waals surface area contributed by atoms with Crippen LogP contribution in [0.1, 0.15) is 25.3 Å². The van der Waals surface area contributed by atoms with Gasteiger partial charge in [-0.1, -0.05) is 26.0 Å². The third-order valence-corrected chi connectivity index (χ3v) is 4.50. The molecule has 1 aliphatic rings. The first-order valence-electron chi connectivity index (χ1n) is 9.18. The summed E-state index contributed by atoms with van der Waals surface area (Å²) in [5, 5.41) is 2.67. The Morgan fingerprint density at radius 3 is 2.52 bits per heavy atom. The van der Waals surface area contributed by atoms with Crippen LogP contribution in [0.3, 0.4) is 0 Å². The Bertz CT molecular complexity index is 771. The largest absolute Gasteiger partial charge is 0.484 e. The van der Waals surface area contributed by atoms with E-state index in [0.29, 0.717) is 49.3 Å². The highest BCUT2D eigenvalue weighted by atomic mass is 19.1. The average Bonchev–Trinajstić information content (AvgIpc) is 2.67. The molecule has 0 unspecified atom stereocenters. The first-order valence-corrected chi connectivity index (χ1v) is 9.18. The van der Waals surface area contributed by atoms with Gasteiger partial charge in [0.25, 0.3) is 5.91 Å². The minimum atomic E-state index is -0.361. The molecule has 1 saturated heterocycles. The van der Waals surface area contributed by atoms with Crippen molar-refractivity contribution in [1.82, 2.24) is 0 Å². The van der Waals surface area contributed by atoms with Gasteiger partial charge < -0.3 is 19.7 Å². The van der Waals surface area contributed by atoms with Crippen LogP contribution in [0.15, 0.2) is 42.5 Å². The maximum Gasteiger partial charge on any atom is 0.262 e. The zero-order valence-electron chi connectivity index (χ0n) is 15.7. The molecule has 0 aliphatic carbocycles. The second-order valence-electron chi connectivity index (χ2n) is 6.83. The molecule has 3 rings (SSSR count). The Balaban J connectivity index is 1.53. The predicted molar refractivity (Wildman–Crippen MR) is 104 cm³/mol. The van der Waals surface area contributed by atoms with Crippen molar-refractivity contribution in [3.8, 4) is 5.75 Å². The number of rotatable bonds is 6. The zero-order valence-corrected chi connectivity index (χ0v) is 15.7. The van der Waals surface area contributed by atoms with Gasteiger partial charge in [0.2, 0.25) is 0 Å². The summed E-state index contributed by atoms with van der Waals surface area (Å²) in [7, 11) is 0. The van der Waals surface area contributed by atoms with Gasteiger partial charge in [0.1, 0.15) is 11.6 Å². The summed E-state index contributed by atoms with van der Waals surface area (Å²) in [6.45, 7) is 6.60. The number of carbonyl (C=O) groups is 1. The number of anilines is 2. The lowest BCUT2D eigenvalue weighted by atomic mass is 10.0. The van der Waals surface area contributed by atoms with Gasteiger partial charge in [-0.3, -0.25) is 4.79 Å². The first-order chi connectivity index (χ1) is 13.0. The van der Waals surface area contributed by atoms with E-state index >= 15 is 0 Å². The zero-order chi connectivity index (χ0) is 19.2. The average molecular weight is 372 g/mol. The van der Waals surface area contributed by atoms with E-state index < -0.39 is 0 Å². The molecular formula is C21H25FN2O3. The highest BCUT2D eigenvalue weighted by Gasteiger charge is 2.16. The second kappa shape index (κ2) is 8.86. The fraction of sp³-hybridized carbons (Fsp3) is 0.381. The standard InChI is InChI=1S/C21H25FN2O3/c1-15(2)16-3-6-18(7-4-16)27-14-21(25)23-17-5-8-20(19(22)13-17)24-9-11-26-12-10-24/h3-8,13,15H,9-12,14H2,1-2H3,(H,23,25). The van der Waals surface area contributed by atoms with E-state index in [1.165, 1.54) is 11.6 Å². The molecule has 1 N–H and O–H groups in total. The van der Waals surface area contributed by atoms with Gasteiger partial charge in [0, 0.05) is 18.8 Å². The van der Waals surface area contributed by atoms with E-state index in [9.17, 15) is 9.18 Å². The molecular weight excluding hydrogens is 347 g/mol. The van der Waals surface area contributed by atoms with Crippen molar-refractivity contribution in [2.24, 2.45) is 0 Å². The third kappa shape index (κ3) is 5.20. The van der Waals surface area contributed by atoms with Crippen LogP contribution in [0.4, 0.5) is 15.8 Å². The van der Waals surface area contributed by atoms with Crippen LogP contribution in [0.25, 0.3) is 0 Å². The molecule has 0 spiro atoms. The Morgan fingerprint density at radius 2 is 1.89 bits per heavy atom. The summed E-state index contributed by atoms with van der Waals surface area (Å²) in [6, 6.07) is 12.4. The molecule has 5 nitrogen and oxygen atoms in total. The molecule has 2 aromatic rings. The van der Waals surface area contributed by atoms with E-state index in [2.05, 4.69) is 19.2 Å². The molecule has 1 amide bonds. The molecule has 0 aromatic heterocycles. The van der Waals surface area contributed by atoms with E-state index in [-0.39, 0.29) is 18.3 Å². The van der Waals surface area contributed by atoms with Crippen LogP contribution in [0.5, 0.6) is 5.75 Å². The van der Waals surface area contributed by atoms with Gasteiger partial charge >= 0.3 is 0 Å². The lowest BCUT2D eigenvalue weighted by molar-refractivity contribution is -0.118.